The average molecular weight is 338 g/mol. The molecule has 0 fully saturated rings. The van der Waals surface area contributed by atoms with Crippen LogP contribution in [0.1, 0.15) is 33.3 Å². The molecule has 134 valence electrons. The molecule has 0 saturated heterocycles. The quantitative estimate of drug-likeness (QED) is 0.739. The van der Waals surface area contributed by atoms with Gasteiger partial charge in [-0.15, -0.1) is 0 Å². The number of nitrogens with one attached hydrogen (secondary N) is 2. The van der Waals surface area contributed by atoms with Crippen molar-refractivity contribution >= 4 is 12.2 Å². The summed E-state index contributed by atoms with van der Waals surface area (Å²) in [5.74, 6) is 0. The fourth-order valence-electron chi connectivity index (χ4n) is 1.84. The molecule has 7 heteroatoms. The number of amides is 2. The van der Waals surface area contributed by atoms with E-state index in [4.69, 9.17) is 9.47 Å². The van der Waals surface area contributed by atoms with Gasteiger partial charge in [0, 0.05) is 0 Å². The number of alkyl carbamates (subject to hydrolysis) is 2. The number of hydrogen-bond acceptors (Lipinski definition) is 5. The number of aliphatic hydroxyl groups is 1. The van der Waals surface area contributed by atoms with Crippen LogP contribution >= 0.6 is 0 Å². The summed E-state index contributed by atoms with van der Waals surface area (Å²) in [6.07, 6.45) is -1.29. The Morgan fingerprint density at radius 1 is 1.12 bits per heavy atom. The predicted molar refractivity (Wildman–Crippen MR) is 89.5 cm³/mol. The zero-order chi connectivity index (χ0) is 18.2. The lowest BCUT2D eigenvalue weighted by molar-refractivity contribution is 0.0464. The highest BCUT2D eigenvalue weighted by atomic mass is 16.6. The third-order valence-electron chi connectivity index (χ3n) is 3.06. The van der Waals surface area contributed by atoms with E-state index in [1.54, 1.807) is 27.7 Å². The van der Waals surface area contributed by atoms with Crippen molar-refractivity contribution in [2.75, 3.05) is 6.61 Å². The summed E-state index contributed by atoms with van der Waals surface area (Å²) in [7, 11) is 0. The molecular formula is C17H26N2O5. The first-order valence-electron chi connectivity index (χ1n) is 7.79. The molecule has 0 spiro atoms. The maximum absolute atomic E-state index is 11.8. The zero-order valence-corrected chi connectivity index (χ0v) is 14.5. The summed E-state index contributed by atoms with van der Waals surface area (Å²) in [5, 5.41) is 14.5. The van der Waals surface area contributed by atoms with Gasteiger partial charge in [0.2, 0.25) is 0 Å². The van der Waals surface area contributed by atoms with E-state index < -0.39 is 29.9 Å². The van der Waals surface area contributed by atoms with Crippen molar-refractivity contribution in [1.82, 2.24) is 10.6 Å². The molecule has 24 heavy (non-hydrogen) atoms. The summed E-state index contributed by atoms with van der Waals surface area (Å²) in [6, 6.07) is 8.04. The molecular weight excluding hydrogens is 312 g/mol. The molecule has 2 atom stereocenters. The number of benzene rings is 1. The van der Waals surface area contributed by atoms with Gasteiger partial charge in [-0.05, 0) is 33.3 Å². The predicted octanol–water partition coefficient (Wildman–Crippen LogP) is 2.19. The topological polar surface area (TPSA) is 96.9 Å². The van der Waals surface area contributed by atoms with Gasteiger partial charge in [-0.3, -0.25) is 0 Å². The molecule has 7 nitrogen and oxygen atoms in total. The van der Waals surface area contributed by atoms with Gasteiger partial charge in [-0.25, -0.2) is 9.59 Å². The summed E-state index contributed by atoms with van der Waals surface area (Å²) in [5.41, 5.74) is 0.223. The Morgan fingerprint density at radius 2 is 1.75 bits per heavy atom. The lowest BCUT2D eigenvalue weighted by Gasteiger charge is -2.26. The van der Waals surface area contributed by atoms with E-state index in [1.165, 1.54) is 0 Å². The van der Waals surface area contributed by atoms with Crippen LogP contribution in [-0.2, 0) is 16.1 Å². The third-order valence-corrected chi connectivity index (χ3v) is 3.06. The molecule has 0 unspecified atom stereocenters. The van der Waals surface area contributed by atoms with Crippen LogP contribution in [-0.4, -0.2) is 41.6 Å². The van der Waals surface area contributed by atoms with Crippen molar-refractivity contribution < 1.29 is 24.2 Å². The van der Waals surface area contributed by atoms with Crippen LogP contribution in [0.15, 0.2) is 30.3 Å². The van der Waals surface area contributed by atoms with E-state index in [9.17, 15) is 14.7 Å². The first kappa shape index (κ1) is 19.8. The number of rotatable bonds is 6. The summed E-state index contributed by atoms with van der Waals surface area (Å²) in [4.78, 5) is 23.5. The van der Waals surface area contributed by atoms with Crippen LogP contribution in [0.3, 0.4) is 0 Å². The number of aliphatic hydroxyl groups excluding tert-OH is 1. The van der Waals surface area contributed by atoms with E-state index >= 15 is 0 Å². The van der Waals surface area contributed by atoms with Gasteiger partial charge in [0.15, 0.2) is 0 Å². The van der Waals surface area contributed by atoms with Crippen LogP contribution in [0.5, 0.6) is 0 Å². The Kier molecular flexibility index (Phi) is 7.51. The molecule has 1 aromatic rings. The molecule has 0 saturated carbocycles. The first-order chi connectivity index (χ1) is 11.2. The third kappa shape index (κ3) is 7.82. The van der Waals surface area contributed by atoms with Crippen molar-refractivity contribution in [3.63, 3.8) is 0 Å². The first-order valence-corrected chi connectivity index (χ1v) is 7.79. The molecule has 0 heterocycles. The maximum atomic E-state index is 11.8. The smallest absolute Gasteiger partial charge is 0.408 e. The molecule has 1 aromatic carbocycles. The Morgan fingerprint density at radius 3 is 2.29 bits per heavy atom. The van der Waals surface area contributed by atoms with E-state index in [1.807, 2.05) is 30.3 Å². The Balaban J connectivity index is 2.43. The lowest BCUT2D eigenvalue weighted by atomic mass is 10.1. The molecule has 0 aromatic heterocycles. The SMILES string of the molecule is C[C@H](NC(=O)OCc1ccccc1)[C@@H](CO)NC(=O)OC(C)(C)C. The minimum atomic E-state index is -0.691. The monoisotopic (exact) mass is 338 g/mol. The summed E-state index contributed by atoms with van der Waals surface area (Å²) >= 11 is 0. The Labute approximate surface area is 142 Å². The van der Waals surface area contributed by atoms with E-state index in [-0.39, 0.29) is 13.2 Å². The second-order valence-corrected chi connectivity index (χ2v) is 6.43. The molecule has 0 aliphatic carbocycles. The van der Waals surface area contributed by atoms with E-state index in [0.29, 0.717) is 0 Å². The molecule has 2 amide bonds. The lowest BCUT2D eigenvalue weighted by Crippen LogP contribution is -2.53. The second kappa shape index (κ2) is 9.12. The highest BCUT2D eigenvalue weighted by Crippen LogP contribution is 2.07. The minimum Gasteiger partial charge on any atom is -0.445 e. The van der Waals surface area contributed by atoms with E-state index in [2.05, 4.69) is 10.6 Å². The standard InChI is InChI=1S/C17H26N2O5/c1-12(14(10-20)19-16(22)24-17(2,3)4)18-15(21)23-11-13-8-6-5-7-9-13/h5-9,12,14,20H,10-11H2,1-4H3,(H,18,21)(H,19,22)/t12-,14+/m0/s1. The summed E-state index contributed by atoms with van der Waals surface area (Å²) < 4.78 is 10.2. The second-order valence-electron chi connectivity index (χ2n) is 6.43. The molecule has 0 aliphatic heterocycles. The fraction of sp³-hybridized carbons (Fsp3) is 0.529. The van der Waals surface area contributed by atoms with Gasteiger partial charge >= 0.3 is 12.2 Å². The van der Waals surface area contributed by atoms with Crippen LogP contribution in [0.2, 0.25) is 0 Å². The van der Waals surface area contributed by atoms with Gasteiger partial charge in [0.05, 0.1) is 18.7 Å². The van der Waals surface area contributed by atoms with Gasteiger partial charge in [-0.2, -0.15) is 0 Å². The van der Waals surface area contributed by atoms with Crippen LogP contribution < -0.4 is 10.6 Å². The van der Waals surface area contributed by atoms with Crippen LogP contribution in [0.25, 0.3) is 0 Å². The van der Waals surface area contributed by atoms with Gasteiger partial charge in [-0.1, -0.05) is 30.3 Å². The number of hydrogen-bond donors (Lipinski definition) is 3. The number of carbonyl (C=O) groups is 2. The molecule has 0 radical (unpaired) electrons. The van der Waals surface area contributed by atoms with Gasteiger partial charge < -0.3 is 25.2 Å². The van der Waals surface area contributed by atoms with Crippen molar-refractivity contribution in [2.45, 2.75) is 52.0 Å². The average Bonchev–Trinajstić information content (AvgIpc) is 2.49. The molecule has 0 aliphatic rings. The zero-order valence-electron chi connectivity index (χ0n) is 14.5. The number of ether oxygens (including phenoxy) is 2. The van der Waals surface area contributed by atoms with Crippen molar-refractivity contribution in [3.05, 3.63) is 35.9 Å². The minimum absolute atomic E-state index is 0.142. The van der Waals surface area contributed by atoms with Crippen molar-refractivity contribution in [3.8, 4) is 0 Å². The highest BCUT2D eigenvalue weighted by Gasteiger charge is 2.24. The maximum Gasteiger partial charge on any atom is 0.408 e. The Hall–Kier alpha value is -2.28. The molecule has 1 rings (SSSR count). The Bertz CT molecular complexity index is 528. The van der Waals surface area contributed by atoms with Crippen molar-refractivity contribution in [1.29, 1.82) is 0 Å². The molecule has 0 bridgehead atoms. The van der Waals surface area contributed by atoms with Crippen LogP contribution in [0.4, 0.5) is 9.59 Å². The van der Waals surface area contributed by atoms with Gasteiger partial charge in [0.25, 0.3) is 0 Å². The van der Waals surface area contributed by atoms with E-state index in [0.717, 1.165) is 5.56 Å². The molecule has 3 N–H and O–H groups in total. The number of carbonyl (C=O) groups excluding carboxylic acids is 2. The normalized spacial score (nSPS) is 13.5. The van der Waals surface area contributed by atoms with Crippen molar-refractivity contribution in [2.24, 2.45) is 0 Å². The highest BCUT2D eigenvalue weighted by molar-refractivity contribution is 5.69. The summed E-state index contributed by atoms with van der Waals surface area (Å²) in [6.45, 7) is 6.67. The fourth-order valence-corrected chi connectivity index (χ4v) is 1.84. The van der Waals surface area contributed by atoms with Gasteiger partial charge in [0.1, 0.15) is 12.2 Å². The van der Waals surface area contributed by atoms with Crippen LogP contribution in [0, 0.1) is 0 Å². The largest absolute Gasteiger partial charge is 0.445 e.